The minimum absolute atomic E-state index is 0.0717. The first-order valence-corrected chi connectivity index (χ1v) is 4.33. The van der Waals surface area contributed by atoms with Crippen molar-refractivity contribution >= 4 is 17.5 Å². The van der Waals surface area contributed by atoms with Crippen LogP contribution in [0.4, 0.5) is 0 Å². The third-order valence-corrected chi connectivity index (χ3v) is 1.92. The Morgan fingerprint density at radius 2 is 2.38 bits per heavy atom. The van der Waals surface area contributed by atoms with Crippen molar-refractivity contribution in [2.45, 2.75) is 20.4 Å². The molecular weight excluding hydrogens is 188 g/mol. The van der Waals surface area contributed by atoms with Crippen molar-refractivity contribution in [1.82, 2.24) is 10.3 Å². The lowest BCUT2D eigenvalue weighted by Gasteiger charge is -2.04. The topological polar surface area (TPSA) is 42.0 Å². The average Bonchev–Trinajstić information content (AvgIpc) is 2.06. The molecule has 0 saturated carbocycles. The summed E-state index contributed by atoms with van der Waals surface area (Å²) in [5, 5.41) is 3.11. The molecule has 0 saturated heterocycles. The van der Waals surface area contributed by atoms with Gasteiger partial charge in [-0.15, -0.1) is 0 Å². The second-order valence-electron chi connectivity index (χ2n) is 2.87. The number of carbonyl (C=O) groups excluding carboxylic acids is 1. The summed E-state index contributed by atoms with van der Waals surface area (Å²) in [6, 6.07) is 1.91. The summed E-state index contributed by atoms with van der Waals surface area (Å²) < 4.78 is 0. The summed E-state index contributed by atoms with van der Waals surface area (Å²) >= 11 is 5.82. The van der Waals surface area contributed by atoms with Crippen molar-refractivity contribution in [3.8, 4) is 0 Å². The van der Waals surface area contributed by atoms with Gasteiger partial charge >= 0.3 is 0 Å². The normalized spacial score (nSPS) is 9.77. The van der Waals surface area contributed by atoms with Gasteiger partial charge in [0.15, 0.2) is 0 Å². The maximum atomic E-state index is 10.6. The summed E-state index contributed by atoms with van der Waals surface area (Å²) in [5.41, 5.74) is 1.88. The van der Waals surface area contributed by atoms with E-state index in [1.165, 1.54) is 6.92 Å². The van der Waals surface area contributed by atoms with Crippen molar-refractivity contribution in [2.24, 2.45) is 0 Å². The van der Waals surface area contributed by atoms with Crippen LogP contribution in [0, 0.1) is 6.92 Å². The number of nitrogens with zero attached hydrogens (tertiary/aromatic N) is 1. The van der Waals surface area contributed by atoms with E-state index in [4.69, 9.17) is 11.6 Å². The predicted molar refractivity (Wildman–Crippen MR) is 51.5 cm³/mol. The van der Waals surface area contributed by atoms with E-state index in [0.29, 0.717) is 11.7 Å². The Morgan fingerprint density at radius 1 is 1.69 bits per heavy atom. The van der Waals surface area contributed by atoms with Gasteiger partial charge in [-0.2, -0.15) is 0 Å². The van der Waals surface area contributed by atoms with Gasteiger partial charge in [0.2, 0.25) is 5.91 Å². The minimum atomic E-state index is -0.0717. The lowest BCUT2D eigenvalue weighted by molar-refractivity contribution is -0.119. The Bertz CT molecular complexity index is 325. The number of hydrogen-bond donors (Lipinski definition) is 1. The first-order chi connectivity index (χ1) is 6.09. The van der Waals surface area contributed by atoms with Crippen molar-refractivity contribution in [3.63, 3.8) is 0 Å². The lowest BCUT2D eigenvalue weighted by atomic mass is 10.2. The van der Waals surface area contributed by atoms with Crippen LogP contribution in [0.15, 0.2) is 12.3 Å². The Hall–Kier alpha value is -1.09. The number of aryl methyl sites for hydroxylation is 1. The van der Waals surface area contributed by atoms with Crippen LogP contribution in [0.2, 0.25) is 5.15 Å². The van der Waals surface area contributed by atoms with Crippen molar-refractivity contribution in [1.29, 1.82) is 0 Å². The second kappa shape index (κ2) is 4.23. The van der Waals surface area contributed by atoms with Crippen LogP contribution in [0.25, 0.3) is 0 Å². The molecule has 1 amide bonds. The Morgan fingerprint density at radius 3 is 3.00 bits per heavy atom. The monoisotopic (exact) mass is 198 g/mol. The maximum absolute atomic E-state index is 10.6. The zero-order valence-corrected chi connectivity index (χ0v) is 8.35. The van der Waals surface area contributed by atoms with Crippen molar-refractivity contribution < 1.29 is 4.79 Å². The van der Waals surface area contributed by atoms with E-state index in [2.05, 4.69) is 10.3 Å². The van der Waals surface area contributed by atoms with E-state index in [9.17, 15) is 4.79 Å². The molecule has 0 atom stereocenters. The molecule has 4 heteroatoms. The van der Waals surface area contributed by atoms with E-state index in [0.717, 1.165) is 11.1 Å². The number of carbonyl (C=O) groups is 1. The number of aromatic nitrogens is 1. The van der Waals surface area contributed by atoms with Gasteiger partial charge in [0.25, 0.3) is 0 Å². The third-order valence-electron chi connectivity index (χ3n) is 1.58. The number of hydrogen-bond acceptors (Lipinski definition) is 2. The molecule has 0 radical (unpaired) electrons. The highest BCUT2D eigenvalue weighted by atomic mass is 35.5. The first kappa shape index (κ1) is 9.99. The first-order valence-electron chi connectivity index (χ1n) is 3.95. The van der Waals surface area contributed by atoms with Crippen LogP contribution in [0.3, 0.4) is 0 Å². The molecule has 1 aromatic rings. The van der Waals surface area contributed by atoms with E-state index in [-0.39, 0.29) is 5.91 Å². The third kappa shape index (κ3) is 3.03. The lowest BCUT2D eigenvalue weighted by Crippen LogP contribution is -2.19. The van der Waals surface area contributed by atoms with Crippen LogP contribution in [-0.4, -0.2) is 10.9 Å². The number of pyridine rings is 1. The zero-order chi connectivity index (χ0) is 9.84. The molecule has 1 heterocycles. The van der Waals surface area contributed by atoms with E-state index in [1.807, 2.05) is 13.0 Å². The highest BCUT2D eigenvalue weighted by Crippen LogP contribution is 2.13. The summed E-state index contributed by atoms with van der Waals surface area (Å²) in [5.74, 6) is -0.0717. The van der Waals surface area contributed by atoms with Gasteiger partial charge in [0.05, 0.1) is 0 Å². The molecule has 1 aromatic heterocycles. The van der Waals surface area contributed by atoms with Gasteiger partial charge in [-0.1, -0.05) is 11.6 Å². The molecule has 0 aliphatic heterocycles. The molecular formula is C9H11ClN2O. The van der Waals surface area contributed by atoms with Gasteiger partial charge in [-0.05, 0) is 18.6 Å². The standard InChI is InChI=1S/C9H11ClN2O/c1-6-3-8(5-11-7(2)13)9(10)12-4-6/h3-4H,5H2,1-2H3,(H,11,13). The Balaban J connectivity index is 2.75. The van der Waals surface area contributed by atoms with Crippen molar-refractivity contribution in [3.05, 3.63) is 28.5 Å². The van der Waals surface area contributed by atoms with E-state index >= 15 is 0 Å². The quantitative estimate of drug-likeness (QED) is 0.735. The fraction of sp³-hybridized carbons (Fsp3) is 0.333. The number of halogens is 1. The molecule has 0 aromatic carbocycles. The molecule has 0 aliphatic rings. The van der Waals surface area contributed by atoms with E-state index < -0.39 is 0 Å². The largest absolute Gasteiger partial charge is 0.352 e. The minimum Gasteiger partial charge on any atom is -0.352 e. The average molecular weight is 199 g/mol. The van der Waals surface area contributed by atoms with Crippen molar-refractivity contribution in [2.75, 3.05) is 0 Å². The molecule has 0 fully saturated rings. The molecule has 0 bridgehead atoms. The number of nitrogens with one attached hydrogen (secondary N) is 1. The van der Waals surface area contributed by atoms with E-state index in [1.54, 1.807) is 6.20 Å². The fourth-order valence-electron chi connectivity index (χ4n) is 0.957. The zero-order valence-electron chi connectivity index (χ0n) is 7.60. The molecule has 0 spiro atoms. The van der Waals surface area contributed by atoms with Gasteiger partial charge < -0.3 is 5.32 Å². The molecule has 1 N–H and O–H groups in total. The fourth-order valence-corrected chi connectivity index (χ4v) is 1.13. The summed E-state index contributed by atoms with van der Waals surface area (Å²) in [6.07, 6.45) is 1.69. The van der Waals surface area contributed by atoms with Gasteiger partial charge in [-0.3, -0.25) is 4.79 Å². The number of rotatable bonds is 2. The SMILES string of the molecule is CC(=O)NCc1cc(C)cnc1Cl. The van der Waals surface area contributed by atoms with Gasteiger partial charge in [0, 0.05) is 25.2 Å². The van der Waals surface area contributed by atoms with Crippen LogP contribution in [0.1, 0.15) is 18.1 Å². The second-order valence-corrected chi connectivity index (χ2v) is 3.23. The maximum Gasteiger partial charge on any atom is 0.217 e. The summed E-state index contributed by atoms with van der Waals surface area (Å²) in [6.45, 7) is 3.83. The van der Waals surface area contributed by atoms with Gasteiger partial charge in [-0.25, -0.2) is 4.98 Å². The summed E-state index contributed by atoms with van der Waals surface area (Å²) in [4.78, 5) is 14.6. The molecule has 13 heavy (non-hydrogen) atoms. The van der Waals surface area contributed by atoms with Crippen LogP contribution in [0.5, 0.6) is 0 Å². The highest BCUT2D eigenvalue weighted by Gasteiger charge is 2.01. The number of amides is 1. The Labute approximate surface area is 82.1 Å². The highest BCUT2D eigenvalue weighted by molar-refractivity contribution is 6.30. The molecule has 3 nitrogen and oxygen atoms in total. The molecule has 1 rings (SSSR count). The molecule has 70 valence electrons. The Kier molecular flexibility index (Phi) is 3.25. The smallest absolute Gasteiger partial charge is 0.217 e. The molecule has 0 unspecified atom stereocenters. The van der Waals surface area contributed by atoms with Gasteiger partial charge in [0.1, 0.15) is 5.15 Å². The van der Waals surface area contributed by atoms with Crippen LogP contribution in [-0.2, 0) is 11.3 Å². The van der Waals surface area contributed by atoms with Crippen LogP contribution < -0.4 is 5.32 Å². The van der Waals surface area contributed by atoms with Crippen LogP contribution >= 0.6 is 11.6 Å². The molecule has 0 aliphatic carbocycles. The summed E-state index contributed by atoms with van der Waals surface area (Å²) in [7, 11) is 0. The predicted octanol–water partition coefficient (Wildman–Crippen LogP) is 1.68.